The van der Waals surface area contributed by atoms with Crippen molar-refractivity contribution in [1.29, 1.82) is 0 Å². The maximum absolute atomic E-state index is 13.7. The molecule has 4 aromatic rings. The molecule has 1 saturated heterocycles. The first-order valence-electron chi connectivity index (χ1n) is 12.6. The molecule has 2 N–H and O–H groups in total. The number of nitrogens with two attached hydrogens (primary N) is 1. The van der Waals surface area contributed by atoms with Crippen LogP contribution in [0.15, 0.2) is 48.8 Å². The second-order valence-corrected chi connectivity index (χ2v) is 12.0. The van der Waals surface area contributed by atoms with Crippen molar-refractivity contribution < 1.29 is 13.9 Å². The Morgan fingerprint density at radius 3 is 2.54 bits per heavy atom. The summed E-state index contributed by atoms with van der Waals surface area (Å²) >= 11 is 7.34. The molecule has 2 fully saturated rings. The fourth-order valence-electron chi connectivity index (χ4n) is 4.94. The van der Waals surface area contributed by atoms with Crippen molar-refractivity contribution in [3.05, 3.63) is 75.8 Å². The molecule has 3 aromatic heterocycles. The highest BCUT2D eigenvalue weighted by Gasteiger charge is 2.59. The zero-order valence-corrected chi connectivity index (χ0v) is 23.1. The molecule has 6 rings (SSSR count). The topological polar surface area (TPSA) is 107 Å². The van der Waals surface area contributed by atoms with Gasteiger partial charge in [-0.1, -0.05) is 11.6 Å². The minimum atomic E-state index is -0.640. The van der Waals surface area contributed by atoms with Gasteiger partial charge in [0.05, 0.1) is 16.4 Å². The van der Waals surface area contributed by atoms with E-state index in [9.17, 15) is 9.18 Å². The molecule has 1 aromatic carbocycles. The minimum absolute atomic E-state index is 0.0234. The van der Waals surface area contributed by atoms with Crippen molar-refractivity contribution in [2.75, 3.05) is 13.1 Å². The number of hydrogen-bond donors (Lipinski definition) is 1. The number of rotatable bonds is 6. The number of pyridine rings is 1. The number of amides is 1. The molecule has 8 nitrogen and oxygen atoms in total. The zero-order valence-electron chi connectivity index (χ0n) is 21.6. The molecule has 200 valence electrons. The van der Waals surface area contributed by atoms with Crippen molar-refractivity contribution >= 4 is 28.8 Å². The number of carbonyl (C=O) groups is 1. The summed E-state index contributed by atoms with van der Waals surface area (Å²) in [4.78, 5) is 33.5. The fourth-order valence-corrected chi connectivity index (χ4v) is 6.10. The van der Waals surface area contributed by atoms with Crippen molar-refractivity contribution in [2.24, 2.45) is 17.6 Å². The number of aromatic nitrogens is 4. The van der Waals surface area contributed by atoms with Crippen LogP contribution < -0.4 is 10.5 Å². The van der Waals surface area contributed by atoms with E-state index in [1.54, 1.807) is 30.6 Å². The summed E-state index contributed by atoms with van der Waals surface area (Å²) in [5, 5.41) is 0.657. The third kappa shape index (κ3) is 4.99. The number of ether oxygens (including phenoxy) is 1. The zero-order chi connectivity index (χ0) is 27.5. The van der Waals surface area contributed by atoms with Crippen LogP contribution in [0, 0.1) is 24.6 Å². The van der Waals surface area contributed by atoms with Gasteiger partial charge in [0.15, 0.2) is 10.8 Å². The van der Waals surface area contributed by atoms with Gasteiger partial charge in [-0.2, -0.15) is 0 Å². The highest BCUT2D eigenvalue weighted by atomic mass is 35.5. The third-order valence-electron chi connectivity index (χ3n) is 7.17. The summed E-state index contributed by atoms with van der Waals surface area (Å²) in [5.41, 5.74) is 8.55. The van der Waals surface area contributed by atoms with Crippen LogP contribution >= 0.6 is 22.9 Å². The van der Waals surface area contributed by atoms with Gasteiger partial charge in [0.1, 0.15) is 16.8 Å². The number of fused-ring (bicyclic) bond motifs is 1. The van der Waals surface area contributed by atoms with Crippen LogP contribution in [0.1, 0.15) is 34.8 Å². The van der Waals surface area contributed by atoms with Crippen LogP contribution in [0.5, 0.6) is 5.88 Å². The Morgan fingerprint density at radius 2 is 1.87 bits per heavy atom. The first kappa shape index (κ1) is 25.8. The standard InChI is InChI=1S/C28H26ClFN6O2S/c1-14-24(39-26(34-14)25-32-7-4-8-33-25)27(37)36-12-17-18(13-36)23(17)38-22-11-16(28(2,3)31)10-21(35-22)15-5-6-20(30)19(29)9-15/h4-11,17-18,23H,12-13,31H2,1-3H3/t17-,18+,23-. The summed E-state index contributed by atoms with van der Waals surface area (Å²) in [6.07, 6.45) is 3.27. The lowest BCUT2D eigenvalue weighted by Gasteiger charge is -2.22. The summed E-state index contributed by atoms with van der Waals surface area (Å²) in [5.74, 6) is 0.886. The molecule has 0 radical (unpaired) electrons. The van der Waals surface area contributed by atoms with Gasteiger partial charge in [-0.15, -0.1) is 11.3 Å². The number of nitrogens with zero attached hydrogens (tertiary/aromatic N) is 5. The quantitative estimate of drug-likeness (QED) is 0.347. The van der Waals surface area contributed by atoms with Gasteiger partial charge < -0.3 is 15.4 Å². The van der Waals surface area contributed by atoms with Gasteiger partial charge in [-0.3, -0.25) is 4.79 Å². The van der Waals surface area contributed by atoms with Crippen LogP contribution in [-0.2, 0) is 5.54 Å². The highest BCUT2D eigenvalue weighted by molar-refractivity contribution is 7.17. The van der Waals surface area contributed by atoms with Gasteiger partial charge in [0, 0.05) is 54.5 Å². The lowest BCUT2D eigenvalue weighted by molar-refractivity contribution is 0.0755. The Balaban J connectivity index is 1.17. The van der Waals surface area contributed by atoms with E-state index >= 15 is 0 Å². The average Bonchev–Trinajstić information content (AvgIpc) is 3.22. The molecule has 0 bridgehead atoms. The van der Waals surface area contributed by atoms with Crippen LogP contribution in [0.25, 0.3) is 22.1 Å². The van der Waals surface area contributed by atoms with E-state index in [4.69, 9.17) is 22.1 Å². The van der Waals surface area contributed by atoms with E-state index in [0.29, 0.717) is 51.6 Å². The number of hydrogen-bond acceptors (Lipinski definition) is 8. The molecule has 0 unspecified atom stereocenters. The Bertz CT molecular complexity index is 1560. The monoisotopic (exact) mass is 564 g/mol. The number of carbonyl (C=O) groups excluding carboxylic acids is 1. The molecule has 39 heavy (non-hydrogen) atoms. The summed E-state index contributed by atoms with van der Waals surface area (Å²) in [6.45, 7) is 6.85. The van der Waals surface area contributed by atoms with E-state index in [1.807, 2.05) is 37.8 Å². The molecule has 1 amide bonds. The highest BCUT2D eigenvalue weighted by Crippen LogP contribution is 2.48. The largest absolute Gasteiger partial charge is 0.474 e. The predicted octanol–water partition coefficient (Wildman–Crippen LogP) is 5.11. The SMILES string of the molecule is Cc1nc(-c2ncccn2)sc1C(=O)N1C[C@@H]2[C@H](C1)[C@@H]2Oc1cc(C(C)(C)N)cc(-c2ccc(F)c(Cl)c2)n1. The normalized spacial score (nSPS) is 20.2. The lowest BCUT2D eigenvalue weighted by atomic mass is 9.95. The second-order valence-electron chi connectivity index (χ2n) is 10.6. The van der Waals surface area contributed by atoms with Crippen LogP contribution in [0.4, 0.5) is 4.39 Å². The Morgan fingerprint density at radius 1 is 1.15 bits per heavy atom. The molecule has 1 saturated carbocycles. The van der Waals surface area contributed by atoms with Gasteiger partial charge in [0.2, 0.25) is 5.88 Å². The molecule has 1 aliphatic carbocycles. The molecule has 4 heterocycles. The minimum Gasteiger partial charge on any atom is -0.474 e. The maximum atomic E-state index is 13.7. The molecule has 3 atom stereocenters. The van der Waals surface area contributed by atoms with Crippen LogP contribution in [0.2, 0.25) is 5.02 Å². The predicted molar refractivity (Wildman–Crippen MR) is 147 cm³/mol. The number of halogens is 2. The van der Waals surface area contributed by atoms with Crippen LogP contribution in [0.3, 0.4) is 0 Å². The third-order valence-corrected chi connectivity index (χ3v) is 8.60. The Labute approximate surface area is 234 Å². The van der Waals surface area contributed by atoms with Crippen molar-refractivity contribution in [3.63, 3.8) is 0 Å². The first-order valence-corrected chi connectivity index (χ1v) is 13.8. The van der Waals surface area contributed by atoms with Crippen LogP contribution in [-0.4, -0.2) is 49.9 Å². The molecule has 2 aliphatic rings. The molecular weight excluding hydrogens is 539 g/mol. The average molecular weight is 565 g/mol. The van der Waals surface area contributed by atoms with Gasteiger partial charge in [-0.25, -0.2) is 24.3 Å². The number of piperidine rings is 1. The van der Waals surface area contributed by atoms with Crippen molar-refractivity contribution in [2.45, 2.75) is 32.4 Å². The van der Waals surface area contributed by atoms with E-state index in [-0.39, 0.29) is 28.9 Å². The maximum Gasteiger partial charge on any atom is 0.265 e. The smallest absolute Gasteiger partial charge is 0.265 e. The number of aryl methyl sites for hydroxylation is 1. The van der Waals surface area contributed by atoms with E-state index in [2.05, 4.69) is 19.9 Å². The Hall–Kier alpha value is -3.47. The Kier molecular flexibility index (Phi) is 6.36. The number of thiazole rings is 1. The van der Waals surface area contributed by atoms with Crippen molar-refractivity contribution in [3.8, 4) is 28.0 Å². The summed E-state index contributed by atoms with van der Waals surface area (Å²) in [7, 11) is 0. The fraction of sp³-hybridized carbons (Fsp3) is 0.321. The van der Waals surface area contributed by atoms with Gasteiger partial charge in [-0.05, 0) is 56.7 Å². The van der Waals surface area contributed by atoms with Gasteiger partial charge >= 0.3 is 0 Å². The molecular formula is C28H26ClFN6O2S. The number of likely N-dealkylation sites (tertiary alicyclic amines) is 1. The lowest BCUT2D eigenvalue weighted by Crippen LogP contribution is -2.33. The molecule has 1 aliphatic heterocycles. The molecule has 0 spiro atoms. The first-order chi connectivity index (χ1) is 18.6. The van der Waals surface area contributed by atoms with E-state index < -0.39 is 11.4 Å². The van der Waals surface area contributed by atoms with Crippen molar-refractivity contribution in [1.82, 2.24) is 24.8 Å². The number of benzene rings is 1. The van der Waals surface area contributed by atoms with E-state index in [0.717, 1.165) is 5.56 Å². The van der Waals surface area contributed by atoms with E-state index in [1.165, 1.54) is 17.4 Å². The van der Waals surface area contributed by atoms with Gasteiger partial charge in [0.25, 0.3) is 5.91 Å². The second kappa shape index (κ2) is 9.62. The molecule has 11 heteroatoms. The summed E-state index contributed by atoms with van der Waals surface area (Å²) in [6, 6.07) is 9.95. The summed E-state index contributed by atoms with van der Waals surface area (Å²) < 4.78 is 20.1.